The lowest BCUT2D eigenvalue weighted by Gasteiger charge is -2.20. The fourth-order valence-corrected chi connectivity index (χ4v) is 3.38. The van der Waals surface area contributed by atoms with Crippen molar-refractivity contribution in [3.63, 3.8) is 0 Å². The smallest absolute Gasteiger partial charge is 0.246 e. The standard InChI is InChI=1S/C12H9Cl2N3OS/c1-6-11(18)17-5-9(15-16-12(17)19-6)10-7(13)3-2-4-8(10)14/h2-6,15H,1H3/t6-/m0/s1. The molecule has 2 aliphatic rings. The van der Waals surface area contributed by atoms with Crippen molar-refractivity contribution in [3.8, 4) is 0 Å². The van der Waals surface area contributed by atoms with Crippen LogP contribution in [0.5, 0.6) is 0 Å². The van der Waals surface area contributed by atoms with Gasteiger partial charge in [-0.1, -0.05) is 41.0 Å². The molecule has 0 aromatic heterocycles. The summed E-state index contributed by atoms with van der Waals surface area (Å²) in [5.74, 6) is 0.00549. The topological polar surface area (TPSA) is 44.7 Å². The van der Waals surface area contributed by atoms with Gasteiger partial charge in [-0.05, 0) is 19.1 Å². The number of hydrogen-bond acceptors (Lipinski definition) is 4. The second kappa shape index (κ2) is 4.74. The third-order valence-corrected chi connectivity index (χ3v) is 4.52. The van der Waals surface area contributed by atoms with Gasteiger partial charge in [-0.25, -0.2) is 0 Å². The number of rotatable bonds is 1. The van der Waals surface area contributed by atoms with Crippen LogP contribution < -0.4 is 5.43 Å². The Morgan fingerprint density at radius 2 is 2.05 bits per heavy atom. The Kier molecular flexibility index (Phi) is 3.20. The zero-order valence-electron chi connectivity index (χ0n) is 9.85. The van der Waals surface area contributed by atoms with Gasteiger partial charge in [0.25, 0.3) is 0 Å². The molecular formula is C12H9Cl2N3OS. The number of carbonyl (C=O) groups excluding carboxylic acids is 1. The lowest BCUT2D eigenvalue weighted by molar-refractivity contribution is -0.124. The Morgan fingerprint density at radius 1 is 1.37 bits per heavy atom. The zero-order valence-corrected chi connectivity index (χ0v) is 12.2. The second-order valence-electron chi connectivity index (χ2n) is 4.11. The quantitative estimate of drug-likeness (QED) is 0.866. The van der Waals surface area contributed by atoms with E-state index in [-0.39, 0.29) is 11.2 Å². The van der Waals surface area contributed by atoms with E-state index in [4.69, 9.17) is 23.2 Å². The van der Waals surface area contributed by atoms with Crippen molar-refractivity contribution in [3.05, 3.63) is 40.0 Å². The molecular weight excluding hydrogens is 305 g/mol. The Balaban J connectivity index is 2.03. The van der Waals surface area contributed by atoms with Crippen LogP contribution >= 0.6 is 35.0 Å². The number of halogens is 2. The first kappa shape index (κ1) is 12.8. The molecule has 1 amide bonds. The van der Waals surface area contributed by atoms with Crippen molar-refractivity contribution in [2.45, 2.75) is 12.2 Å². The van der Waals surface area contributed by atoms with E-state index in [2.05, 4.69) is 10.5 Å². The van der Waals surface area contributed by atoms with Crippen LogP contribution in [0, 0.1) is 0 Å². The van der Waals surface area contributed by atoms with Gasteiger partial charge >= 0.3 is 0 Å². The summed E-state index contributed by atoms with van der Waals surface area (Å²) >= 11 is 13.7. The average Bonchev–Trinajstić information content (AvgIpc) is 2.65. The van der Waals surface area contributed by atoms with Crippen molar-refractivity contribution in [1.82, 2.24) is 10.3 Å². The fourth-order valence-electron chi connectivity index (χ4n) is 1.90. The van der Waals surface area contributed by atoms with Gasteiger partial charge in [0.2, 0.25) is 5.91 Å². The average molecular weight is 314 g/mol. The van der Waals surface area contributed by atoms with E-state index in [1.807, 2.05) is 6.92 Å². The molecule has 0 aliphatic carbocycles. The number of nitrogens with one attached hydrogen (secondary N) is 1. The first-order valence-corrected chi connectivity index (χ1v) is 7.21. The summed E-state index contributed by atoms with van der Waals surface area (Å²) in [5.41, 5.74) is 4.15. The molecule has 2 aliphatic heterocycles. The van der Waals surface area contributed by atoms with Crippen LogP contribution in [-0.4, -0.2) is 21.2 Å². The maximum atomic E-state index is 12.0. The molecule has 1 atom stereocenters. The van der Waals surface area contributed by atoms with Crippen molar-refractivity contribution in [1.29, 1.82) is 0 Å². The summed E-state index contributed by atoms with van der Waals surface area (Å²) < 4.78 is 0. The molecule has 19 heavy (non-hydrogen) atoms. The number of amides is 1. The highest BCUT2D eigenvalue weighted by Gasteiger charge is 2.36. The van der Waals surface area contributed by atoms with Crippen LogP contribution in [0.1, 0.15) is 12.5 Å². The lowest BCUT2D eigenvalue weighted by atomic mass is 10.1. The molecule has 0 spiro atoms. The van der Waals surface area contributed by atoms with Crippen LogP contribution in [0.3, 0.4) is 0 Å². The summed E-state index contributed by atoms with van der Waals surface area (Å²) in [4.78, 5) is 13.5. The molecule has 3 rings (SSSR count). The van der Waals surface area contributed by atoms with Crippen molar-refractivity contribution >= 4 is 51.7 Å². The van der Waals surface area contributed by atoms with Crippen molar-refractivity contribution in [2.75, 3.05) is 0 Å². The van der Waals surface area contributed by atoms with Crippen LogP contribution in [0.25, 0.3) is 5.70 Å². The second-order valence-corrected chi connectivity index (χ2v) is 6.24. The Bertz CT molecular complexity index is 609. The molecule has 98 valence electrons. The van der Waals surface area contributed by atoms with Gasteiger partial charge in [0.05, 0.1) is 21.0 Å². The number of fused-ring (bicyclic) bond motifs is 1. The van der Waals surface area contributed by atoms with Crippen LogP contribution in [0.15, 0.2) is 29.5 Å². The zero-order chi connectivity index (χ0) is 13.6. The number of benzene rings is 1. The molecule has 1 N–H and O–H groups in total. The molecule has 1 fully saturated rings. The van der Waals surface area contributed by atoms with Crippen molar-refractivity contribution < 1.29 is 4.79 Å². The number of thioether (sulfide) groups is 1. The minimum Gasteiger partial charge on any atom is -0.274 e. The predicted molar refractivity (Wildman–Crippen MR) is 78.9 cm³/mol. The van der Waals surface area contributed by atoms with Gasteiger partial charge in [-0.2, -0.15) is 0 Å². The van der Waals surface area contributed by atoms with Gasteiger partial charge in [0.1, 0.15) is 0 Å². The van der Waals surface area contributed by atoms with Crippen LogP contribution in [0.2, 0.25) is 10.0 Å². The van der Waals surface area contributed by atoms with Gasteiger partial charge in [-0.3, -0.25) is 15.1 Å². The summed E-state index contributed by atoms with van der Waals surface area (Å²) in [5, 5.41) is 5.72. The summed E-state index contributed by atoms with van der Waals surface area (Å²) in [6.07, 6.45) is 1.69. The predicted octanol–water partition coefficient (Wildman–Crippen LogP) is 3.13. The summed E-state index contributed by atoms with van der Waals surface area (Å²) in [6, 6.07) is 5.26. The van der Waals surface area contributed by atoms with E-state index >= 15 is 0 Å². The van der Waals surface area contributed by atoms with E-state index in [9.17, 15) is 4.79 Å². The Hall–Kier alpha value is -1.17. The largest absolute Gasteiger partial charge is 0.274 e. The third kappa shape index (κ3) is 2.12. The fraction of sp³-hybridized carbons (Fsp3) is 0.167. The molecule has 0 saturated carbocycles. The maximum absolute atomic E-state index is 12.0. The number of carbonyl (C=O) groups is 1. The van der Waals surface area contributed by atoms with Gasteiger partial charge in [-0.15, -0.1) is 5.10 Å². The Morgan fingerprint density at radius 3 is 2.74 bits per heavy atom. The molecule has 4 nitrogen and oxygen atoms in total. The lowest BCUT2D eigenvalue weighted by Crippen LogP contribution is -2.31. The third-order valence-electron chi connectivity index (χ3n) is 2.84. The van der Waals surface area contributed by atoms with E-state index in [1.165, 1.54) is 16.7 Å². The number of nitrogens with zero attached hydrogens (tertiary/aromatic N) is 2. The van der Waals surface area contributed by atoms with E-state index < -0.39 is 0 Å². The highest BCUT2D eigenvalue weighted by Crippen LogP contribution is 2.34. The molecule has 0 bridgehead atoms. The summed E-state index contributed by atoms with van der Waals surface area (Å²) in [6.45, 7) is 1.85. The summed E-state index contributed by atoms with van der Waals surface area (Å²) in [7, 11) is 0. The SMILES string of the molecule is C[C@@H]1SC2=NNC(c3c(Cl)cccc3Cl)=CN2C1=O. The first-order valence-electron chi connectivity index (χ1n) is 5.57. The molecule has 0 radical (unpaired) electrons. The van der Waals surface area contributed by atoms with E-state index in [1.54, 1.807) is 24.4 Å². The molecule has 0 unspecified atom stereocenters. The molecule has 2 heterocycles. The van der Waals surface area contributed by atoms with Crippen LogP contribution in [0.4, 0.5) is 0 Å². The Labute approximate surface area is 124 Å². The molecule has 7 heteroatoms. The minimum atomic E-state index is -0.127. The van der Waals surface area contributed by atoms with Crippen molar-refractivity contribution in [2.24, 2.45) is 5.10 Å². The molecule has 1 aromatic carbocycles. The molecule has 1 saturated heterocycles. The van der Waals surface area contributed by atoms with Crippen LogP contribution in [-0.2, 0) is 4.79 Å². The minimum absolute atomic E-state index is 0.00549. The first-order chi connectivity index (χ1) is 9.08. The van der Waals surface area contributed by atoms with E-state index in [0.717, 1.165) is 0 Å². The number of amidine groups is 1. The number of hydrazone groups is 1. The van der Waals surface area contributed by atoms with Gasteiger partial charge in [0.15, 0.2) is 5.17 Å². The number of hydrogen-bond donors (Lipinski definition) is 1. The monoisotopic (exact) mass is 313 g/mol. The normalized spacial score (nSPS) is 21.7. The van der Waals surface area contributed by atoms with Gasteiger partial charge < -0.3 is 0 Å². The van der Waals surface area contributed by atoms with E-state index in [0.29, 0.717) is 26.5 Å². The van der Waals surface area contributed by atoms with Gasteiger partial charge in [0, 0.05) is 11.8 Å². The molecule has 1 aromatic rings. The maximum Gasteiger partial charge on any atom is 0.246 e. The highest BCUT2D eigenvalue weighted by atomic mass is 35.5. The highest BCUT2D eigenvalue weighted by molar-refractivity contribution is 8.15.